The van der Waals surface area contributed by atoms with Crippen LogP contribution in [0, 0.1) is 11.7 Å². The second kappa shape index (κ2) is 10.9. The number of carboxylic acids is 2. The first kappa shape index (κ1) is 24.2. The highest BCUT2D eigenvalue weighted by Gasteiger charge is 2.26. The molecule has 3 rings (SSSR count). The van der Waals surface area contributed by atoms with Crippen LogP contribution in [0.3, 0.4) is 0 Å². The van der Waals surface area contributed by atoms with Crippen LogP contribution in [0.4, 0.5) is 4.39 Å². The number of carboxylic acid groups (broad SMARTS) is 2. The van der Waals surface area contributed by atoms with Gasteiger partial charge < -0.3 is 29.3 Å². The second-order valence-corrected chi connectivity index (χ2v) is 7.86. The zero-order valence-corrected chi connectivity index (χ0v) is 18.5. The van der Waals surface area contributed by atoms with Gasteiger partial charge in [-0.05, 0) is 37.1 Å². The van der Waals surface area contributed by atoms with Crippen molar-refractivity contribution in [2.75, 3.05) is 26.8 Å². The lowest BCUT2D eigenvalue weighted by Gasteiger charge is -2.34. The van der Waals surface area contributed by atoms with Crippen molar-refractivity contribution in [2.45, 2.75) is 12.8 Å². The summed E-state index contributed by atoms with van der Waals surface area (Å²) < 4.78 is 30.9. The van der Waals surface area contributed by atoms with Crippen LogP contribution in [-0.2, 0) is 9.59 Å². The minimum absolute atomic E-state index is 0.0711. The van der Waals surface area contributed by atoms with Gasteiger partial charge in [0, 0.05) is 36.2 Å². The Bertz CT molecular complexity index is 1060. The lowest BCUT2D eigenvalue weighted by atomic mass is 9.98. The van der Waals surface area contributed by atoms with Crippen molar-refractivity contribution < 1.29 is 38.4 Å². The second-order valence-electron chi connectivity index (χ2n) is 7.43. The number of ether oxygens (including phenoxy) is 3. The molecule has 1 atom stereocenters. The van der Waals surface area contributed by atoms with E-state index in [9.17, 15) is 19.1 Å². The van der Waals surface area contributed by atoms with E-state index in [1.54, 1.807) is 18.2 Å². The van der Waals surface area contributed by atoms with Crippen molar-refractivity contribution in [2.24, 2.45) is 5.92 Å². The number of likely N-dealkylation sites (tertiary alicyclic amines) is 1. The Morgan fingerprint density at radius 3 is 2.61 bits per heavy atom. The molecule has 2 aromatic carbocycles. The average Bonchev–Trinajstić information content (AvgIpc) is 2.78. The fourth-order valence-corrected chi connectivity index (χ4v) is 3.72. The van der Waals surface area contributed by atoms with E-state index in [0.29, 0.717) is 47.9 Å². The predicted molar refractivity (Wildman–Crippen MR) is 118 cm³/mol. The SMILES string of the molecule is COc1cc(Cl)ccc1Oc1cc(F)ccc1OC[C@H]1CCCN(/C(=C\C(=O)O)C(=O)O)C1. The van der Waals surface area contributed by atoms with Crippen molar-refractivity contribution in [1.82, 2.24) is 4.90 Å². The van der Waals surface area contributed by atoms with Gasteiger partial charge in [0.2, 0.25) is 0 Å². The summed E-state index contributed by atoms with van der Waals surface area (Å²) in [5.41, 5.74) is -0.271. The summed E-state index contributed by atoms with van der Waals surface area (Å²) in [7, 11) is 1.46. The fraction of sp³-hybridized carbons (Fsp3) is 0.304. The van der Waals surface area contributed by atoms with Crippen molar-refractivity contribution in [3.05, 3.63) is 59.0 Å². The van der Waals surface area contributed by atoms with Gasteiger partial charge in [-0.1, -0.05) is 11.6 Å². The Kier molecular flexibility index (Phi) is 8.00. The lowest BCUT2D eigenvalue weighted by molar-refractivity contribution is -0.136. The third-order valence-electron chi connectivity index (χ3n) is 5.06. The van der Waals surface area contributed by atoms with Gasteiger partial charge >= 0.3 is 11.9 Å². The standard InChI is InChI=1S/C23H23ClFNO7/c1-31-20-9-15(24)4-6-19(20)33-21-10-16(25)5-7-18(21)32-13-14-3-2-8-26(12-14)17(23(29)30)11-22(27)28/h4-7,9-11,14H,2-3,8,12-13H2,1H3,(H,27,28)(H,29,30)/b17-11-/t14-/m0/s1. The summed E-state index contributed by atoms with van der Waals surface area (Å²) in [4.78, 5) is 24.0. The van der Waals surface area contributed by atoms with Gasteiger partial charge in [-0.25, -0.2) is 14.0 Å². The molecule has 0 radical (unpaired) electrons. The molecule has 0 amide bonds. The van der Waals surface area contributed by atoms with Gasteiger partial charge in [0.1, 0.15) is 11.5 Å². The molecule has 2 aromatic rings. The Labute approximate surface area is 194 Å². The highest BCUT2D eigenvalue weighted by molar-refractivity contribution is 6.30. The Morgan fingerprint density at radius 1 is 1.15 bits per heavy atom. The van der Waals surface area contributed by atoms with Crippen molar-refractivity contribution in [1.29, 1.82) is 0 Å². The number of piperidine rings is 1. The number of methoxy groups -OCH3 is 1. The van der Waals surface area contributed by atoms with Gasteiger partial charge in [0.05, 0.1) is 19.8 Å². The van der Waals surface area contributed by atoms with Gasteiger partial charge in [-0.15, -0.1) is 0 Å². The third-order valence-corrected chi connectivity index (χ3v) is 5.30. The first-order chi connectivity index (χ1) is 15.8. The molecule has 2 N–H and O–H groups in total. The molecule has 1 fully saturated rings. The highest BCUT2D eigenvalue weighted by atomic mass is 35.5. The summed E-state index contributed by atoms with van der Waals surface area (Å²) in [5.74, 6) is -2.08. The van der Waals surface area contributed by atoms with Crippen LogP contribution in [0.15, 0.2) is 48.2 Å². The van der Waals surface area contributed by atoms with Gasteiger partial charge in [-0.2, -0.15) is 0 Å². The van der Waals surface area contributed by atoms with Crippen LogP contribution in [0.5, 0.6) is 23.0 Å². The first-order valence-corrected chi connectivity index (χ1v) is 10.5. The van der Waals surface area contributed by atoms with E-state index < -0.39 is 17.8 Å². The molecule has 8 nitrogen and oxygen atoms in total. The summed E-state index contributed by atoms with van der Waals surface area (Å²) in [5, 5.41) is 18.8. The van der Waals surface area contributed by atoms with Gasteiger partial charge in [0.25, 0.3) is 0 Å². The summed E-state index contributed by atoms with van der Waals surface area (Å²) in [6.45, 7) is 0.952. The van der Waals surface area contributed by atoms with Crippen LogP contribution < -0.4 is 14.2 Å². The number of carbonyl (C=O) groups is 2. The number of rotatable bonds is 9. The minimum Gasteiger partial charge on any atom is -0.493 e. The quantitative estimate of drug-likeness (QED) is 0.509. The molecule has 0 unspecified atom stereocenters. The number of hydrogen-bond donors (Lipinski definition) is 2. The molecule has 0 aliphatic carbocycles. The van der Waals surface area contributed by atoms with E-state index in [1.807, 2.05) is 0 Å². The topological polar surface area (TPSA) is 106 Å². The summed E-state index contributed by atoms with van der Waals surface area (Å²) in [6, 6.07) is 8.65. The minimum atomic E-state index is -1.32. The van der Waals surface area contributed by atoms with Crippen molar-refractivity contribution >= 4 is 23.5 Å². The molecular weight excluding hydrogens is 457 g/mol. The zero-order valence-electron chi connectivity index (χ0n) is 17.8. The lowest BCUT2D eigenvalue weighted by Crippen LogP contribution is -2.39. The Hall–Kier alpha value is -3.46. The molecule has 10 heteroatoms. The summed E-state index contributed by atoms with van der Waals surface area (Å²) >= 11 is 5.97. The molecular formula is C23H23ClFNO7. The largest absolute Gasteiger partial charge is 0.493 e. The molecule has 0 saturated carbocycles. The number of nitrogens with zero attached hydrogens (tertiary/aromatic N) is 1. The van der Waals surface area contributed by atoms with Crippen LogP contribution in [-0.4, -0.2) is 53.9 Å². The molecule has 1 heterocycles. The Balaban J connectivity index is 1.73. The van der Waals surface area contributed by atoms with Gasteiger partial charge in [0.15, 0.2) is 23.0 Å². The fourth-order valence-electron chi connectivity index (χ4n) is 3.56. The predicted octanol–water partition coefficient (Wildman–Crippen LogP) is 4.42. The van der Waals surface area contributed by atoms with Crippen molar-refractivity contribution in [3.8, 4) is 23.0 Å². The number of benzene rings is 2. The third kappa shape index (κ3) is 6.52. The molecule has 1 aliphatic rings. The molecule has 0 bridgehead atoms. The van der Waals surface area contributed by atoms with E-state index in [2.05, 4.69) is 0 Å². The monoisotopic (exact) mass is 479 g/mol. The maximum atomic E-state index is 13.9. The zero-order chi connectivity index (χ0) is 24.0. The van der Waals surface area contributed by atoms with E-state index in [0.717, 1.165) is 6.42 Å². The maximum Gasteiger partial charge on any atom is 0.352 e. The average molecular weight is 480 g/mol. The van der Waals surface area contributed by atoms with Crippen LogP contribution in [0.2, 0.25) is 5.02 Å². The molecule has 0 spiro atoms. The first-order valence-electron chi connectivity index (χ1n) is 10.1. The van der Waals surface area contributed by atoms with Crippen molar-refractivity contribution in [3.63, 3.8) is 0 Å². The Morgan fingerprint density at radius 2 is 1.91 bits per heavy atom. The molecule has 0 aromatic heterocycles. The van der Waals surface area contributed by atoms with Gasteiger partial charge in [-0.3, -0.25) is 0 Å². The normalized spacial score (nSPS) is 16.3. The number of aliphatic carboxylic acids is 2. The molecule has 1 aliphatic heterocycles. The molecule has 1 saturated heterocycles. The summed E-state index contributed by atoms with van der Waals surface area (Å²) in [6.07, 6.45) is 2.13. The molecule has 176 valence electrons. The van der Waals surface area contributed by atoms with E-state index in [-0.39, 0.29) is 24.0 Å². The molecule has 33 heavy (non-hydrogen) atoms. The number of halogens is 2. The van der Waals surface area contributed by atoms with E-state index in [1.165, 1.54) is 30.2 Å². The maximum absolute atomic E-state index is 13.9. The smallest absolute Gasteiger partial charge is 0.352 e. The van der Waals surface area contributed by atoms with Crippen LogP contribution in [0.1, 0.15) is 12.8 Å². The van der Waals surface area contributed by atoms with Crippen LogP contribution >= 0.6 is 11.6 Å². The van der Waals surface area contributed by atoms with E-state index >= 15 is 0 Å². The van der Waals surface area contributed by atoms with E-state index in [4.69, 9.17) is 30.9 Å². The number of hydrogen-bond acceptors (Lipinski definition) is 6. The highest BCUT2D eigenvalue weighted by Crippen LogP contribution is 2.38. The van der Waals surface area contributed by atoms with Crippen LogP contribution in [0.25, 0.3) is 0 Å².